The lowest BCUT2D eigenvalue weighted by atomic mass is 9.97. The molecule has 0 saturated heterocycles. The molecule has 0 saturated carbocycles. The molecule has 39 heavy (non-hydrogen) atoms. The van der Waals surface area contributed by atoms with Gasteiger partial charge in [-0.05, 0) is 116 Å². The zero-order valence-corrected chi connectivity index (χ0v) is 24.4. The van der Waals surface area contributed by atoms with Gasteiger partial charge in [0.15, 0.2) is 5.78 Å². The molecule has 212 valence electrons. The van der Waals surface area contributed by atoms with Gasteiger partial charge >= 0.3 is 11.9 Å². The third kappa shape index (κ3) is 9.16. The third-order valence-electron chi connectivity index (χ3n) is 5.50. The van der Waals surface area contributed by atoms with Gasteiger partial charge < -0.3 is 23.7 Å². The Bertz CT molecular complexity index is 1200. The van der Waals surface area contributed by atoms with Crippen molar-refractivity contribution in [3.8, 4) is 17.2 Å². The average molecular weight is 541 g/mol. The van der Waals surface area contributed by atoms with E-state index in [9.17, 15) is 14.4 Å². The number of ketones is 1. The molecule has 8 nitrogen and oxygen atoms in total. The highest BCUT2D eigenvalue weighted by atomic mass is 16.7. The molecule has 0 aliphatic heterocycles. The minimum Gasteiger partial charge on any atom is -0.493 e. The summed E-state index contributed by atoms with van der Waals surface area (Å²) >= 11 is 0. The summed E-state index contributed by atoms with van der Waals surface area (Å²) in [6.45, 7) is 16.2. The van der Waals surface area contributed by atoms with E-state index >= 15 is 0 Å². The number of hydrogen-bond donors (Lipinski definition) is 0. The molecule has 0 radical (unpaired) electrons. The van der Waals surface area contributed by atoms with Crippen LogP contribution in [-0.4, -0.2) is 37.9 Å². The lowest BCUT2D eigenvalue weighted by Crippen LogP contribution is -2.24. The Morgan fingerprint density at radius 1 is 0.744 bits per heavy atom. The van der Waals surface area contributed by atoms with E-state index in [2.05, 4.69) is 0 Å². The number of rotatable bonds is 11. The molecule has 2 aromatic rings. The molecular formula is C31H40O8. The molecule has 0 amide bonds. The minimum absolute atomic E-state index is 0.218. The zero-order chi connectivity index (χ0) is 29.4. The predicted molar refractivity (Wildman–Crippen MR) is 149 cm³/mol. The van der Waals surface area contributed by atoms with Gasteiger partial charge in [0.05, 0.1) is 23.0 Å². The molecule has 0 N–H and O–H groups in total. The van der Waals surface area contributed by atoms with E-state index < -0.39 is 10.8 Å². The first-order chi connectivity index (χ1) is 18.1. The second kappa shape index (κ2) is 13.3. The monoisotopic (exact) mass is 540 g/mol. The molecule has 0 aliphatic rings. The maximum absolute atomic E-state index is 13.0. The molecule has 0 aliphatic carbocycles. The summed E-state index contributed by atoms with van der Waals surface area (Å²) in [7, 11) is 0. The first-order valence-electron chi connectivity index (χ1n) is 12.8. The van der Waals surface area contributed by atoms with Crippen molar-refractivity contribution < 1.29 is 38.1 Å². The summed E-state index contributed by atoms with van der Waals surface area (Å²) in [5, 5.41) is 0. The van der Waals surface area contributed by atoms with Crippen LogP contribution in [0.2, 0.25) is 0 Å². The number of aryl methyl sites for hydroxylation is 2. The SMILES string of the molecule is CCOc1c(C)cc(C)c(OCOC(=O)C(C)(C)C)c1/C=C/C(=O)c1ccc(OCOC(=O)C(C)(C)C)cc1. The highest BCUT2D eigenvalue weighted by Gasteiger charge is 2.24. The molecule has 0 heterocycles. The molecular weight excluding hydrogens is 500 g/mol. The number of allylic oxidation sites excluding steroid dienone is 1. The van der Waals surface area contributed by atoms with E-state index in [0.717, 1.165) is 11.1 Å². The van der Waals surface area contributed by atoms with E-state index in [4.69, 9.17) is 23.7 Å². The Kier molecular flexibility index (Phi) is 10.7. The van der Waals surface area contributed by atoms with Gasteiger partial charge in [-0.15, -0.1) is 0 Å². The van der Waals surface area contributed by atoms with Crippen LogP contribution in [0.25, 0.3) is 6.08 Å². The van der Waals surface area contributed by atoms with Gasteiger partial charge in [0.1, 0.15) is 17.2 Å². The van der Waals surface area contributed by atoms with Gasteiger partial charge in [0, 0.05) is 5.56 Å². The van der Waals surface area contributed by atoms with Gasteiger partial charge in [-0.2, -0.15) is 0 Å². The Morgan fingerprint density at radius 3 is 1.72 bits per heavy atom. The van der Waals surface area contributed by atoms with E-state index in [0.29, 0.717) is 35.0 Å². The first kappa shape index (κ1) is 31.4. The largest absolute Gasteiger partial charge is 0.493 e. The highest BCUT2D eigenvalue weighted by molar-refractivity contribution is 6.07. The van der Waals surface area contributed by atoms with Crippen molar-refractivity contribution >= 4 is 23.8 Å². The fraction of sp³-hybridized carbons (Fsp3) is 0.452. The molecule has 2 rings (SSSR count). The predicted octanol–water partition coefficient (Wildman–Crippen LogP) is 6.45. The van der Waals surface area contributed by atoms with Crippen molar-refractivity contribution in [2.45, 2.75) is 62.3 Å². The molecule has 0 atom stereocenters. The zero-order valence-electron chi connectivity index (χ0n) is 24.4. The lowest BCUT2D eigenvalue weighted by molar-refractivity contribution is -0.160. The third-order valence-corrected chi connectivity index (χ3v) is 5.50. The number of ether oxygens (including phenoxy) is 5. The summed E-state index contributed by atoms with van der Waals surface area (Å²) in [6, 6.07) is 8.44. The highest BCUT2D eigenvalue weighted by Crippen LogP contribution is 2.37. The van der Waals surface area contributed by atoms with Crippen LogP contribution in [0.1, 0.15) is 75.5 Å². The van der Waals surface area contributed by atoms with Crippen LogP contribution < -0.4 is 14.2 Å². The lowest BCUT2D eigenvalue weighted by Gasteiger charge is -2.20. The number of benzene rings is 2. The second-order valence-electron chi connectivity index (χ2n) is 11.1. The number of carbonyl (C=O) groups is 3. The van der Waals surface area contributed by atoms with Gasteiger partial charge in [-0.3, -0.25) is 14.4 Å². The van der Waals surface area contributed by atoms with E-state index in [1.54, 1.807) is 71.9 Å². The van der Waals surface area contributed by atoms with Gasteiger partial charge in [0.25, 0.3) is 0 Å². The van der Waals surface area contributed by atoms with Gasteiger partial charge in [0.2, 0.25) is 13.6 Å². The van der Waals surface area contributed by atoms with Crippen LogP contribution in [0.4, 0.5) is 0 Å². The summed E-state index contributed by atoms with van der Waals surface area (Å²) in [4.78, 5) is 37.0. The van der Waals surface area contributed by atoms with Gasteiger partial charge in [-0.25, -0.2) is 0 Å². The van der Waals surface area contributed by atoms with Crippen LogP contribution in [0.3, 0.4) is 0 Å². The van der Waals surface area contributed by atoms with E-state index in [1.807, 2.05) is 26.8 Å². The quantitative estimate of drug-likeness (QED) is 0.139. The summed E-state index contributed by atoms with van der Waals surface area (Å²) in [5.41, 5.74) is 1.43. The standard InChI is InChI=1S/C31H40O8/c1-10-35-26-20(2)17-21(3)27(37-19-39-29(34)31(7,8)9)24(26)15-16-25(32)22-11-13-23(14-12-22)36-18-38-28(33)30(4,5)6/h11-17H,10,18-19H2,1-9H3/b16-15+. The molecule has 0 aromatic heterocycles. The number of carbonyl (C=O) groups excluding carboxylic acids is 3. The van der Waals surface area contributed by atoms with Crippen molar-refractivity contribution in [3.05, 3.63) is 58.7 Å². The Labute approximate surface area is 231 Å². The Balaban J connectivity index is 2.20. The smallest absolute Gasteiger partial charge is 0.314 e. The minimum atomic E-state index is -0.658. The number of hydrogen-bond acceptors (Lipinski definition) is 8. The summed E-state index contributed by atoms with van der Waals surface area (Å²) < 4.78 is 27.6. The molecule has 0 unspecified atom stereocenters. The van der Waals surface area contributed by atoms with Crippen molar-refractivity contribution in [2.24, 2.45) is 10.8 Å². The van der Waals surface area contributed by atoms with E-state index in [-0.39, 0.29) is 31.3 Å². The molecule has 0 fully saturated rings. The van der Waals surface area contributed by atoms with Crippen molar-refractivity contribution in [1.82, 2.24) is 0 Å². The van der Waals surface area contributed by atoms with Crippen molar-refractivity contribution in [2.75, 3.05) is 20.2 Å². The summed E-state index contributed by atoms with van der Waals surface area (Å²) in [5.74, 6) is 0.511. The first-order valence-corrected chi connectivity index (χ1v) is 12.8. The average Bonchev–Trinajstić information content (AvgIpc) is 2.84. The van der Waals surface area contributed by atoms with Crippen LogP contribution in [0, 0.1) is 24.7 Å². The maximum Gasteiger partial charge on any atom is 0.314 e. The normalized spacial score (nSPS) is 11.7. The van der Waals surface area contributed by atoms with Crippen LogP contribution >= 0.6 is 0 Å². The molecule has 0 bridgehead atoms. The van der Waals surface area contributed by atoms with Crippen LogP contribution in [0.5, 0.6) is 17.2 Å². The number of esters is 2. The molecule has 8 heteroatoms. The topological polar surface area (TPSA) is 97.4 Å². The molecule has 2 aromatic carbocycles. The summed E-state index contributed by atoms with van der Waals surface area (Å²) in [6.07, 6.45) is 3.08. The van der Waals surface area contributed by atoms with Crippen molar-refractivity contribution in [3.63, 3.8) is 0 Å². The fourth-order valence-electron chi connectivity index (χ4n) is 3.36. The van der Waals surface area contributed by atoms with Gasteiger partial charge in [-0.1, -0.05) is 0 Å². The maximum atomic E-state index is 13.0. The van der Waals surface area contributed by atoms with Crippen LogP contribution in [-0.2, 0) is 19.1 Å². The Hall–Kier alpha value is -3.81. The van der Waals surface area contributed by atoms with Crippen LogP contribution in [0.15, 0.2) is 36.4 Å². The second-order valence-corrected chi connectivity index (χ2v) is 11.1. The fourth-order valence-corrected chi connectivity index (χ4v) is 3.36. The van der Waals surface area contributed by atoms with E-state index in [1.165, 1.54) is 6.08 Å². The van der Waals surface area contributed by atoms with Crippen molar-refractivity contribution in [1.29, 1.82) is 0 Å². The Morgan fingerprint density at radius 2 is 1.23 bits per heavy atom. The molecule has 0 spiro atoms.